The lowest BCUT2D eigenvalue weighted by molar-refractivity contribution is 0.191. The highest BCUT2D eigenvalue weighted by Crippen LogP contribution is 2.28. The van der Waals surface area contributed by atoms with Crippen molar-refractivity contribution in [3.8, 4) is 0 Å². The van der Waals surface area contributed by atoms with E-state index in [1.54, 1.807) is 0 Å². The van der Waals surface area contributed by atoms with Crippen LogP contribution in [0.3, 0.4) is 0 Å². The maximum absolute atomic E-state index is 4.34. The second-order valence-electron chi connectivity index (χ2n) is 6.42. The summed E-state index contributed by atoms with van der Waals surface area (Å²) in [6.07, 6.45) is 2.50. The maximum Gasteiger partial charge on any atom is 0.191 e. The molecule has 1 rings (SSSR count). The molecule has 0 saturated heterocycles. The van der Waals surface area contributed by atoms with E-state index in [-0.39, 0.29) is 24.0 Å². The first-order chi connectivity index (χ1) is 9.51. The summed E-state index contributed by atoms with van der Waals surface area (Å²) in [4.78, 5) is 6.88. The number of hydrogen-bond donors (Lipinski definition) is 2. The van der Waals surface area contributed by atoms with Crippen molar-refractivity contribution in [3.05, 3.63) is 0 Å². The highest BCUT2D eigenvalue weighted by Gasteiger charge is 2.33. The molecule has 5 heteroatoms. The summed E-state index contributed by atoms with van der Waals surface area (Å²) in [5, 5.41) is 7.01. The summed E-state index contributed by atoms with van der Waals surface area (Å²) >= 11 is 0. The molecule has 4 nitrogen and oxygen atoms in total. The van der Waals surface area contributed by atoms with E-state index in [0.29, 0.717) is 12.1 Å². The number of nitrogens with one attached hydrogen (secondary N) is 2. The Morgan fingerprint density at radius 1 is 1.29 bits per heavy atom. The van der Waals surface area contributed by atoms with E-state index in [1.165, 1.54) is 12.8 Å². The van der Waals surface area contributed by atoms with Crippen LogP contribution in [0.5, 0.6) is 0 Å². The third kappa shape index (κ3) is 7.68. The molecule has 3 atom stereocenters. The van der Waals surface area contributed by atoms with Gasteiger partial charge in [-0.3, -0.25) is 9.89 Å². The zero-order valence-corrected chi connectivity index (χ0v) is 17.0. The van der Waals surface area contributed by atoms with Crippen molar-refractivity contribution in [2.45, 2.75) is 59.5 Å². The number of likely N-dealkylation sites (N-methyl/N-ethyl adjacent to an activating group) is 1. The average Bonchev–Trinajstić information content (AvgIpc) is 3.10. The van der Waals surface area contributed by atoms with Crippen molar-refractivity contribution in [2.75, 3.05) is 26.7 Å². The van der Waals surface area contributed by atoms with Crippen molar-refractivity contribution in [3.63, 3.8) is 0 Å². The number of hydrogen-bond acceptors (Lipinski definition) is 2. The topological polar surface area (TPSA) is 39.7 Å². The smallest absolute Gasteiger partial charge is 0.191 e. The molecule has 0 aliphatic heterocycles. The van der Waals surface area contributed by atoms with Gasteiger partial charge in [0.05, 0.1) is 0 Å². The number of rotatable bonds is 8. The van der Waals surface area contributed by atoms with Gasteiger partial charge in [0.15, 0.2) is 5.96 Å². The van der Waals surface area contributed by atoms with Crippen LogP contribution in [0.4, 0.5) is 0 Å². The normalized spacial score (nSPS) is 23.0. The van der Waals surface area contributed by atoms with E-state index in [2.05, 4.69) is 55.1 Å². The molecule has 2 N–H and O–H groups in total. The number of guanidine groups is 1. The summed E-state index contributed by atoms with van der Waals surface area (Å²) in [6.45, 7) is 14.6. The minimum atomic E-state index is 0. The SMILES string of the molecule is CCN(CC)C(CNC(=NC)NC1CC1C)CC(C)C.I. The van der Waals surface area contributed by atoms with Crippen LogP contribution >= 0.6 is 24.0 Å². The summed E-state index contributed by atoms with van der Waals surface area (Å²) in [6, 6.07) is 1.21. The molecule has 0 aromatic heterocycles. The summed E-state index contributed by atoms with van der Waals surface area (Å²) in [5.41, 5.74) is 0. The minimum Gasteiger partial charge on any atom is -0.355 e. The van der Waals surface area contributed by atoms with Gasteiger partial charge in [0.1, 0.15) is 0 Å². The molecule has 3 unspecified atom stereocenters. The molecular formula is C16H35IN4. The quantitative estimate of drug-likeness (QED) is 0.367. The monoisotopic (exact) mass is 410 g/mol. The van der Waals surface area contributed by atoms with E-state index in [0.717, 1.165) is 37.4 Å². The minimum absolute atomic E-state index is 0. The van der Waals surface area contributed by atoms with Crippen LogP contribution in [0.25, 0.3) is 0 Å². The molecule has 1 fully saturated rings. The van der Waals surface area contributed by atoms with Gasteiger partial charge in [-0.05, 0) is 37.8 Å². The third-order valence-corrected chi connectivity index (χ3v) is 4.23. The van der Waals surface area contributed by atoms with Crippen LogP contribution in [-0.4, -0.2) is 49.6 Å². The molecule has 0 bridgehead atoms. The Morgan fingerprint density at radius 2 is 1.86 bits per heavy atom. The molecule has 0 amide bonds. The zero-order chi connectivity index (χ0) is 15.1. The fourth-order valence-corrected chi connectivity index (χ4v) is 2.75. The van der Waals surface area contributed by atoms with Gasteiger partial charge in [-0.25, -0.2) is 0 Å². The second kappa shape index (κ2) is 10.6. The zero-order valence-electron chi connectivity index (χ0n) is 14.6. The number of aliphatic imine (C=N–C) groups is 1. The van der Waals surface area contributed by atoms with Crippen LogP contribution in [0.1, 0.15) is 47.5 Å². The molecule has 0 heterocycles. The Hall–Kier alpha value is -0.0400. The van der Waals surface area contributed by atoms with Crippen molar-refractivity contribution >= 4 is 29.9 Å². The standard InChI is InChI=1S/C16H34N4.HI/c1-7-20(8-2)14(9-12(3)4)11-18-16(17-6)19-15-10-13(15)5;/h12-15H,7-11H2,1-6H3,(H2,17,18,19);1H. The molecule has 0 spiro atoms. The maximum atomic E-state index is 4.34. The van der Waals surface area contributed by atoms with Crippen LogP contribution in [0.2, 0.25) is 0 Å². The first-order valence-corrected chi connectivity index (χ1v) is 8.22. The lowest BCUT2D eigenvalue weighted by atomic mass is 10.0. The third-order valence-electron chi connectivity index (χ3n) is 4.23. The second-order valence-corrected chi connectivity index (χ2v) is 6.42. The Bertz CT molecular complexity index is 303. The van der Waals surface area contributed by atoms with Crippen molar-refractivity contribution < 1.29 is 0 Å². The molecule has 0 radical (unpaired) electrons. The molecule has 1 saturated carbocycles. The van der Waals surface area contributed by atoms with Gasteiger partial charge >= 0.3 is 0 Å². The van der Waals surface area contributed by atoms with Crippen LogP contribution in [0.15, 0.2) is 4.99 Å². The fraction of sp³-hybridized carbons (Fsp3) is 0.938. The van der Waals surface area contributed by atoms with Gasteiger partial charge in [0.2, 0.25) is 0 Å². The Kier molecular flexibility index (Phi) is 10.6. The van der Waals surface area contributed by atoms with E-state index in [9.17, 15) is 0 Å². The number of nitrogens with zero attached hydrogens (tertiary/aromatic N) is 2. The highest BCUT2D eigenvalue weighted by atomic mass is 127. The molecular weight excluding hydrogens is 375 g/mol. The van der Waals surface area contributed by atoms with Crippen molar-refractivity contribution in [1.29, 1.82) is 0 Å². The van der Waals surface area contributed by atoms with Crippen molar-refractivity contribution in [1.82, 2.24) is 15.5 Å². The van der Waals surface area contributed by atoms with Gasteiger partial charge in [0, 0.05) is 25.7 Å². The van der Waals surface area contributed by atoms with Crippen LogP contribution in [0, 0.1) is 11.8 Å². The predicted octanol–water partition coefficient (Wildman–Crippen LogP) is 2.93. The van der Waals surface area contributed by atoms with Gasteiger partial charge in [-0.15, -0.1) is 24.0 Å². The summed E-state index contributed by atoms with van der Waals surface area (Å²) in [7, 11) is 1.86. The Morgan fingerprint density at radius 3 is 2.24 bits per heavy atom. The van der Waals surface area contributed by atoms with Gasteiger partial charge in [-0.2, -0.15) is 0 Å². The van der Waals surface area contributed by atoms with E-state index in [4.69, 9.17) is 0 Å². The van der Waals surface area contributed by atoms with Crippen LogP contribution < -0.4 is 10.6 Å². The Balaban J connectivity index is 0.00000400. The molecule has 126 valence electrons. The predicted molar refractivity (Wildman–Crippen MR) is 104 cm³/mol. The van der Waals surface area contributed by atoms with Gasteiger partial charge < -0.3 is 10.6 Å². The first kappa shape index (κ1) is 21.0. The van der Waals surface area contributed by atoms with Gasteiger partial charge in [-0.1, -0.05) is 34.6 Å². The van der Waals surface area contributed by atoms with E-state index >= 15 is 0 Å². The van der Waals surface area contributed by atoms with Crippen LogP contribution in [-0.2, 0) is 0 Å². The summed E-state index contributed by atoms with van der Waals surface area (Å²) < 4.78 is 0. The average molecular weight is 410 g/mol. The van der Waals surface area contributed by atoms with Crippen molar-refractivity contribution in [2.24, 2.45) is 16.8 Å². The lowest BCUT2D eigenvalue weighted by Crippen LogP contribution is -2.48. The fourth-order valence-electron chi connectivity index (χ4n) is 2.75. The largest absolute Gasteiger partial charge is 0.355 e. The van der Waals surface area contributed by atoms with E-state index in [1.807, 2.05) is 7.05 Å². The molecule has 21 heavy (non-hydrogen) atoms. The molecule has 0 aromatic rings. The first-order valence-electron chi connectivity index (χ1n) is 8.22. The molecule has 0 aromatic carbocycles. The van der Waals surface area contributed by atoms with E-state index < -0.39 is 0 Å². The summed E-state index contributed by atoms with van der Waals surface area (Å²) in [5.74, 6) is 2.48. The van der Waals surface area contributed by atoms with Gasteiger partial charge in [0.25, 0.3) is 0 Å². The highest BCUT2D eigenvalue weighted by molar-refractivity contribution is 14.0. The molecule has 1 aliphatic rings. The lowest BCUT2D eigenvalue weighted by Gasteiger charge is -2.31. The Labute approximate surface area is 148 Å². The number of halogens is 1. The molecule has 1 aliphatic carbocycles.